The van der Waals surface area contributed by atoms with Crippen molar-refractivity contribution in [1.82, 2.24) is 9.55 Å². The second-order valence-electron chi connectivity index (χ2n) is 10.2. The third-order valence-electron chi connectivity index (χ3n) is 7.07. The van der Waals surface area contributed by atoms with Crippen LogP contribution in [0.5, 0.6) is 0 Å². The maximum absolute atomic E-state index is 15.6. The highest BCUT2D eigenvalue weighted by atomic mass is 35.5. The van der Waals surface area contributed by atoms with Gasteiger partial charge in [-0.15, -0.1) is 12.4 Å². The van der Waals surface area contributed by atoms with Gasteiger partial charge in [0.05, 0.1) is 22.6 Å². The number of rotatable bonds is 12. The second-order valence-corrected chi connectivity index (χ2v) is 12.4. The van der Waals surface area contributed by atoms with E-state index in [2.05, 4.69) is 9.71 Å². The Balaban J connectivity index is 0.00000529. The lowest BCUT2D eigenvalue weighted by atomic mass is 10.00. The van der Waals surface area contributed by atoms with E-state index in [4.69, 9.17) is 22.1 Å². The zero-order chi connectivity index (χ0) is 31.5. The van der Waals surface area contributed by atoms with Gasteiger partial charge < -0.3 is 10.5 Å². The van der Waals surface area contributed by atoms with E-state index in [0.717, 1.165) is 12.1 Å². The van der Waals surface area contributed by atoms with Crippen molar-refractivity contribution in [3.63, 3.8) is 0 Å². The molecule has 0 bridgehead atoms. The molecule has 3 N–H and O–H groups in total. The Hall–Kier alpha value is -3.58. The summed E-state index contributed by atoms with van der Waals surface area (Å²) in [6.07, 6.45) is 3.73. The molecule has 0 aliphatic rings. The zero-order valence-electron chi connectivity index (χ0n) is 24.1. The second kappa shape index (κ2) is 14.5. The van der Waals surface area contributed by atoms with Crippen molar-refractivity contribution >= 4 is 62.5 Å². The Kier molecular flexibility index (Phi) is 11.5. The number of ether oxygens (including phenoxy) is 1. The first-order valence-electron chi connectivity index (χ1n) is 13.6. The van der Waals surface area contributed by atoms with Crippen LogP contribution < -0.4 is 10.5 Å². The molecule has 2 atom stereocenters. The average molecular weight is 670 g/mol. The maximum Gasteiger partial charge on any atom is 0.324 e. The lowest BCUT2D eigenvalue weighted by Crippen LogP contribution is -2.38. The van der Waals surface area contributed by atoms with Crippen molar-refractivity contribution in [2.24, 2.45) is 11.7 Å². The number of ketones is 1. The normalized spacial score (nSPS) is 12.8. The Bertz CT molecular complexity index is 1780. The summed E-state index contributed by atoms with van der Waals surface area (Å²) >= 11 is 6.02. The van der Waals surface area contributed by atoms with E-state index < -0.39 is 50.7 Å². The molecular formula is C30H32Cl2F2N4O5S. The van der Waals surface area contributed by atoms with Gasteiger partial charge in [0.1, 0.15) is 17.5 Å². The molecule has 2 aromatic carbocycles. The first-order chi connectivity index (χ1) is 20.4. The molecule has 0 amide bonds. The molecule has 0 saturated carbocycles. The molecule has 1 unspecified atom stereocenters. The number of nitrogens with zero attached hydrogens (tertiary/aromatic N) is 2. The molecule has 0 fully saturated rings. The highest BCUT2D eigenvalue weighted by molar-refractivity contribution is 7.92. The first-order valence-corrected chi connectivity index (χ1v) is 15.6. The predicted octanol–water partition coefficient (Wildman–Crippen LogP) is 6.31. The third kappa shape index (κ3) is 7.55. The number of sulfonamides is 1. The van der Waals surface area contributed by atoms with Gasteiger partial charge in [0.25, 0.3) is 0 Å². The monoisotopic (exact) mass is 668 g/mol. The fraction of sp³-hybridized carbons (Fsp3) is 0.300. The molecule has 0 aliphatic heterocycles. The quantitative estimate of drug-likeness (QED) is 0.133. The van der Waals surface area contributed by atoms with Crippen LogP contribution in [0.1, 0.15) is 49.5 Å². The number of nitrogens with two attached hydrogens (primary N) is 1. The van der Waals surface area contributed by atoms with Crippen molar-refractivity contribution in [3.05, 3.63) is 82.6 Å². The Labute approximate surface area is 265 Å². The summed E-state index contributed by atoms with van der Waals surface area (Å²) in [6, 6.07) is 9.31. The van der Waals surface area contributed by atoms with E-state index in [1.165, 1.54) is 17.0 Å². The lowest BCUT2D eigenvalue weighted by Gasteiger charge is -2.17. The number of benzene rings is 2. The van der Waals surface area contributed by atoms with Crippen LogP contribution in [0.3, 0.4) is 0 Å². The van der Waals surface area contributed by atoms with E-state index in [9.17, 15) is 18.0 Å². The predicted molar refractivity (Wildman–Crippen MR) is 168 cm³/mol. The number of halogens is 4. The Morgan fingerprint density at radius 2 is 1.80 bits per heavy atom. The van der Waals surface area contributed by atoms with Gasteiger partial charge in [-0.2, -0.15) is 0 Å². The molecule has 4 aromatic rings. The van der Waals surface area contributed by atoms with Crippen LogP contribution >= 0.6 is 24.0 Å². The summed E-state index contributed by atoms with van der Waals surface area (Å²) in [5.74, 6) is -4.70. The zero-order valence-corrected chi connectivity index (χ0v) is 26.5. The minimum Gasteiger partial charge on any atom is -0.443 e. The smallest absolute Gasteiger partial charge is 0.324 e. The summed E-state index contributed by atoms with van der Waals surface area (Å²) in [5, 5.41) is 0.730. The van der Waals surface area contributed by atoms with Gasteiger partial charge in [0.15, 0.2) is 12.5 Å². The first kappa shape index (κ1) is 34.9. The number of carbonyl (C=O) groups excluding carboxylic acids is 2. The van der Waals surface area contributed by atoms with Crippen LogP contribution in [-0.4, -0.2) is 41.5 Å². The van der Waals surface area contributed by atoms with Gasteiger partial charge >= 0.3 is 5.97 Å². The average Bonchev–Trinajstić information content (AvgIpc) is 3.34. The molecule has 0 saturated heterocycles. The molecule has 44 heavy (non-hydrogen) atoms. The molecule has 2 aromatic heterocycles. The van der Waals surface area contributed by atoms with E-state index in [1.54, 1.807) is 37.3 Å². The van der Waals surface area contributed by atoms with Crippen LogP contribution in [0.25, 0.3) is 22.2 Å². The third-order valence-corrected chi connectivity index (χ3v) is 8.80. The Morgan fingerprint density at radius 3 is 2.43 bits per heavy atom. The molecule has 0 spiro atoms. The van der Waals surface area contributed by atoms with Gasteiger partial charge in [0.2, 0.25) is 15.8 Å². The minimum atomic E-state index is -3.93. The highest BCUT2D eigenvalue weighted by Crippen LogP contribution is 2.31. The van der Waals surface area contributed by atoms with Crippen molar-refractivity contribution in [1.29, 1.82) is 0 Å². The van der Waals surface area contributed by atoms with Gasteiger partial charge in [0, 0.05) is 28.4 Å². The topological polar surface area (TPSA) is 133 Å². The number of pyridine rings is 1. The van der Waals surface area contributed by atoms with Gasteiger partial charge in [-0.25, -0.2) is 22.2 Å². The van der Waals surface area contributed by atoms with Crippen LogP contribution in [0, 0.1) is 17.6 Å². The number of hydrogen-bond donors (Lipinski definition) is 2. The van der Waals surface area contributed by atoms with E-state index >= 15 is 8.78 Å². The number of carbonyl (C=O) groups is 2. The molecule has 14 heteroatoms. The standard InChI is InChI=1S/C30H31ClF2N4O5S.ClH/c1-4-12-43(40,41)36-24-11-10-23(32)25(26(24)33)28(38)22-15-37(16-42-30(39)27(34)17(3)5-2)29-21(22)13-19(14-35-29)18-6-8-20(31)9-7-18;/h6-11,13-15,17,27,36H,4-5,12,16,34H2,1-3H3;1H/t17?,27-;/m1./s1. The van der Waals surface area contributed by atoms with E-state index in [1.807, 2.05) is 13.8 Å². The minimum absolute atomic E-state index is 0. The van der Waals surface area contributed by atoms with Crippen molar-refractivity contribution < 1.29 is 31.5 Å². The lowest BCUT2D eigenvalue weighted by molar-refractivity contribution is -0.150. The molecule has 0 aliphatic carbocycles. The number of fused-ring (bicyclic) bond motifs is 1. The molecule has 2 heterocycles. The molecule has 9 nitrogen and oxygen atoms in total. The van der Waals surface area contributed by atoms with Gasteiger partial charge in [-0.3, -0.25) is 18.9 Å². The molecular weight excluding hydrogens is 637 g/mol. The fourth-order valence-electron chi connectivity index (χ4n) is 4.43. The summed E-state index contributed by atoms with van der Waals surface area (Å²) in [6.45, 7) is 4.96. The number of nitrogens with one attached hydrogen (secondary N) is 1. The summed E-state index contributed by atoms with van der Waals surface area (Å²) in [5.41, 5.74) is 5.81. The summed E-state index contributed by atoms with van der Waals surface area (Å²) in [7, 11) is -3.93. The van der Waals surface area contributed by atoms with Crippen molar-refractivity contribution in [2.75, 3.05) is 10.5 Å². The largest absolute Gasteiger partial charge is 0.443 e. The number of anilines is 1. The number of hydrogen-bond acceptors (Lipinski definition) is 7. The van der Waals surface area contributed by atoms with E-state index in [0.29, 0.717) is 22.6 Å². The number of esters is 1. The van der Waals surface area contributed by atoms with Gasteiger partial charge in [-0.05, 0) is 48.2 Å². The summed E-state index contributed by atoms with van der Waals surface area (Å²) in [4.78, 5) is 30.8. The fourth-order valence-corrected chi connectivity index (χ4v) is 5.69. The maximum atomic E-state index is 15.6. The number of aromatic nitrogens is 2. The highest BCUT2D eigenvalue weighted by Gasteiger charge is 2.28. The SMILES string of the molecule is CCCS(=O)(=O)Nc1ccc(F)c(C(=O)c2cn(COC(=O)[C@H](N)C(C)CC)c3ncc(-c4ccc(Cl)cc4)cc23)c1F.Cl. The molecule has 0 radical (unpaired) electrons. The Morgan fingerprint density at radius 1 is 1.11 bits per heavy atom. The molecule has 4 rings (SSSR count). The van der Waals surface area contributed by atoms with Crippen LogP contribution in [0.4, 0.5) is 14.5 Å². The van der Waals surface area contributed by atoms with Crippen LogP contribution in [0.15, 0.2) is 54.9 Å². The summed E-state index contributed by atoms with van der Waals surface area (Å²) < 4.78 is 64.0. The van der Waals surface area contributed by atoms with Gasteiger partial charge in [-0.1, -0.05) is 50.9 Å². The van der Waals surface area contributed by atoms with Crippen molar-refractivity contribution in [3.8, 4) is 11.1 Å². The van der Waals surface area contributed by atoms with Crippen molar-refractivity contribution in [2.45, 2.75) is 46.4 Å². The molecule has 236 valence electrons. The van der Waals surface area contributed by atoms with E-state index in [-0.39, 0.29) is 53.8 Å². The van der Waals surface area contributed by atoms with Crippen LogP contribution in [0.2, 0.25) is 5.02 Å². The van der Waals surface area contributed by atoms with Crippen LogP contribution in [-0.2, 0) is 26.3 Å².